The molecule has 2 aliphatic rings. The van der Waals surface area contributed by atoms with Crippen molar-refractivity contribution in [1.29, 1.82) is 0 Å². The van der Waals surface area contributed by atoms with Crippen molar-refractivity contribution in [2.24, 2.45) is 0 Å². The van der Waals surface area contributed by atoms with Gasteiger partial charge in [-0.05, 0) is 13.8 Å². The summed E-state index contributed by atoms with van der Waals surface area (Å²) in [6, 6.07) is -3.34. The number of nitrogens with one attached hydrogen (secondary N) is 1. The maximum atomic E-state index is 12.0. The van der Waals surface area contributed by atoms with Crippen molar-refractivity contribution in [3.05, 3.63) is 10.1 Å². The standard InChI is InChI=1S/C11H15N3O6S/c1-4(14(19)20)7(15)12-5-8(16)13-6(10(17)18)11(2,3)21-9(5)13/h4-6,9H,1-3H3,(H,12,15)(H,17,18)/t4?,5-,6+,9-/m1/s1. The van der Waals surface area contributed by atoms with Crippen LogP contribution < -0.4 is 5.32 Å². The Labute approximate surface area is 124 Å². The van der Waals surface area contributed by atoms with Crippen LogP contribution in [0, 0.1) is 10.1 Å². The number of nitrogens with zero attached hydrogens (tertiary/aromatic N) is 2. The van der Waals surface area contributed by atoms with Crippen molar-refractivity contribution in [2.75, 3.05) is 0 Å². The van der Waals surface area contributed by atoms with E-state index < -0.39 is 51.0 Å². The van der Waals surface area contributed by atoms with E-state index in [2.05, 4.69) is 5.32 Å². The van der Waals surface area contributed by atoms with Gasteiger partial charge in [0.2, 0.25) is 5.91 Å². The number of fused-ring (bicyclic) bond motifs is 1. The Balaban J connectivity index is 2.12. The second-order valence-corrected chi connectivity index (χ2v) is 7.32. The van der Waals surface area contributed by atoms with E-state index in [1.54, 1.807) is 13.8 Å². The van der Waals surface area contributed by atoms with Gasteiger partial charge < -0.3 is 15.3 Å². The topological polar surface area (TPSA) is 130 Å². The molecular weight excluding hydrogens is 302 g/mol. The minimum absolute atomic E-state index is 0.503. The van der Waals surface area contributed by atoms with Crippen LogP contribution in [0.4, 0.5) is 0 Å². The second-order valence-electron chi connectivity index (χ2n) is 5.55. The summed E-state index contributed by atoms with van der Waals surface area (Å²) in [5.74, 6) is -2.48. The molecule has 0 aromatic heterocycles. The van der Waals surface area contributed by atoms with Crippen LogP contribution in [-0.2, 0) is 14.4 Å². The van der Waals surface area contributed by atoms with E-state index in [1.807, 2.05) is 0 Å². The summed E-state index contributed by atoms with van der Waals surface area (Å²) < 4.78 is -0.694. The second kappa shape index (κ2) is 4.86. The minimum Gasteiger partial charge on any atom is -0.480 e. The largest absolute Gasteiger partial charge is 0.480 e. The number of hydrogen-bond acceptors (Lipinski definition) is 6. The maximum absolute atomic E-state index is 12.0. The van der Waals surface area contributed by atoms with Gasteiger partial charge in [0.1, 0.15) is 17.5 Å². The first-order valence-corrected chi connectivity index (χ1v) is 7.12. The van der Waals surface area contributed by atoms with Crippen LogP contribution in [-0.4, -0.2) is 61.0 Å². The molecule has 0 saturated carbocycles. The maximum Gasteiger partial charge on any atom is 0.327 e. The molecular formula is C11H15N3O6S. The fourth-order valence-corrected chi connectivity index (χ4v) is 4.14. The first kappa shape index (κ1) is 15.5. The number of nitro groups is 1. The number of aliphatic carboxylic acids is 1. The molecule has 0 aliphatic carbocycles. The van der Waals surface area contributed by atoms with Gasteiger partial charge in [0.05, 0.1) is 0 Å². The summed E-state index contributed by atoms with van der Waals surface area (Å²) in [6.45, 7) is 4.54. The molecule has 2 aliphatic heterocycles. The summed E-state index contributed by atoms with van der Waals surface area (Å²) in [4.78, 5) is 46.0. The lowest BCUT2D eigenvalue weighted by Crippen LogP contribution is -2.71. The van der Waals surface area contributed by atoms with Crippen LogP contribution in [0.2, 0.25) is 0 Å². The van der Waals surface area contributed by atoms with Crippen LogP contribution in [0.15, 0.2) is 0 Å². The third-order valence-electron chi connectivity index (χ3n) is 3.67. The van der Waals surface area contributed by atoms with Gasteiger partial charge >= 0.3 is 5.97 Å². The van der Waals surface area contributed by atoms with Gasteiger partial charge in [-0.25, -0.2) is 4.79 Å². The highest BCUT2D eigenvalue weighted by Crippen LogP contribution is 2.50. The molecule has 0 aromatic rings. The molecule has 10 heteroatoms. The van der Waals surface area contributed by atoms with Crippen LogP contribution in [0.3, 0.4) is 0 Å². The van der Waals surface area contributed by atoms with Gasteiger partial charge in [0, 0.05) is 16.6 Å². The summed E-state index contributed by atoms with van der Waals surface area (Å²) in [6.07, 6.45) is 0. The van der Waals surface area contributed by atoms with Gasteiger partial charge in [0.15, 0.2) is 0 Å². The van der Waals surface area contributed by atoms with E-state index in [1.165, 1.54) is 16.7 Å². The third-order valence-corrected chi connectivity index (χ3v) is 5.24. The van der Waals surface area contributed by atoms with Crippen molar-refractivity contribution < 1.29 is 24.4 Å². The lowest BCUT2D eigenvalue weighted by atomic mass is 9.96. The number of β-lactam (4-membered cyclic amide) rings is 1. The van der Waals surface area contributed by atoms with Crippen molar-refractivity contribution in [1.82, 2.24) is 10.2 Å². The fourth-order valence-electron chi connectivity index (χ4n) is 2.52. The van der Waals surface area contributed by atoms with Crippen LogP contribution in [0.5, 0.6) is 0 Å². The van der Waals surface area contributed by atoms with Crippen LogP contribution in [0.25, 0.3) is 0 Å². The molecule has 2 fully saturated rings. The predicted octanol–water partition coefficient (Wildman–Crippen LogP) is -0.717. The number of carboxylic acids is 1. The molecule has 9 nitrogen and oxygen atoms in total. The van der Waals surface area contributed by atoms with E-state index in [-0.39, 0.29) is 0 Å². The number of carbonyl (C=O) groups is 3. The highest BCUT2D eigenvalue weighted by molar-refractivity contribution is 8.01. The van der Waals surface area contributed by atoms with Crippen LogP contribution in [0.1, 0.15) is 20.8 Å². The summed E-state index contributed by atoms with van der Waals surface area (Å²) >= 11 is 1.27. The van der Waals surface area contributed by atoms with Gasteiger partial charge in [0.25, 0.3) is 11.9 Å². The quantitative estimate of drug-likeness (QED) is 0.397. The molecule has 1 unspecified atom stereocenters. The molecule has 21 heavy (non-hydrogen) atoms. The summed E-state index contributed by atoms with van der Waals surface area (Å²) in [5.41, 5.74) is 0. The van der Waals surface area contributed by atoms with E-state index in [0.717, 1.165) is 6.92 Å². The van der Waals surface area contributed by atoms with Crippen molar-refractivity contribution in [3.8, 4) is 0 Å². The van der Waals surface area contributed by atoms with E-state index in [0.29, 0.717) is 0 Å². The number of amides is 2. The van der Waals surface area contributed by atoms with Gasteiger partial charge in [-0.3, -0.25) is 19.7 Å². The Kier molecular flexibility index (Phi) is 3.60. The highest BCUT2D eigenvalue weighted by Gasteiger charge is 2.64. The number of carboxylic acid groups (broad SMARTS) is 1. The zero-order chi connectivity index (χ0) is 16.1. The Morgan fingerprint density at radius 2 is 2.10 bits per heavy atom. The summed E-state index contributed by atoms with van der Waals surface area (Å²) in [5, 5.41) is 21.6. The minimum atomic E-state index is -1.46. The molecule has 116 valence electrons. The van der Waals surface area contributed by atoms with Gasteiger partial charge in [-0.1, -0.05) is 0 Å². The molecule has 2 rings (SSSR count). The summed E-state index contributed by atoms with van der Waals surface area (Å²) in [7, 11) is 0. The molecule has 2 saturated heterocycles. The molecule has 4 atom stereocenters. The van der Waals surface area contributed by atoms with Gasteiger partial charge in [-0.15, -0.1) is 11.8 Å². The molecule has 0 spiro atoms. The molecule has 2 N–H and O–H groups in total. The number of hydrogen-bond donors (Lipinski definition) is 2. The molecule has 2 amide bonds. The smallest absolute Gasteiger partial charge is 0.327 e. The molecule has 0 aromatic carbocycles. The molecule has 0 bridgehead atoms. The van der Waals surface area contributed by atoms with E-state index in [9.17, 15) is 29.6 Å². The third kappa shape index (κ3) is 2.33. The van der Waals surface area contributed by atoms with Crippen molar-refractivity contribution >= 4 is 29.5 Å². The Morgan fingerprint density at radius 3 is 2.57 bits per heavy atom. The highest BCUT2D eigenvalue weighted by atomic mass is 32.2. The zero-order valence-corrected chi connectivity index (χ0v) is 12.4. The first-order valence-electron chi connectivity index (χ1n) is 6.24. The zero-order valence-electron chi connectivity index (χ0n) is 11.6. The predicted molar refractivity (Wildman–Crippen MR) is 72.1 cm³/mol. The number of carbonyl (C=O) groups excluding carboxylic acids is 2. The number of thioether (sulfide) groups is 1. The first-order chi connectivity index (χ1) is 9.58. The van der Waals surface area contributed by atoms with Crippen LogP contribution >= 0.6 is 11.8 Å². The lowest BCUT2D eigenvalue weighted by Gasteiger charge is -2.43. The van der Waals surface area contributed by atoms with Gasteiger partial charge in [-0.2, -0.15) is 0 Å². The van der Waals surface area contributed by atoms with E-state index in [4.69, 9.17) is 0 Å². The molecule has 2 heterocycles. The Bertz CT molecular complexity index is 536. The normalized spacial score (nSPS) is 31.1. The average Bonchev–Trinajstić information content (AvgIpc) is 2.63. The fraction of sp³-hybridized carbons (Fsp3) is 0.727. The van der Waals surface area contributed by atoms with E-state index >= 15 is 0 Å². The number of rotatable bonds is 4. The lowest BCUT2D eigenvalue weighted by molar-refractivity contribution is -0.503. The van der Waals surface area contributed by atoms with Crippen molar-refractivity contribution in [2.45, 2.75) is 49.0 Å². The van der Waals surface area contributed by atoms with Crippen molar-refractivity contribution in [3.63, 3.8) is 0 Å². The monoisotopic (exact) mass is 317 g/mol. The average molecular weight is 317 g/mol. The Morgan fingerprint density at radius 1 is 1.52 bits per heavy atom. The molecule has 0 radical (unpaired) electrons. The Hall–Kier alpha value is -1.84. The SMILES string of the molecule is CC(C(=O)N[C@@H]1C(=O)N2[C@@H]1SC(C)(C)[C@@H]2C(=O)O)[N+](=O)[O-].